The monoisotopic (exact) mass is 310 g/mol. The highest BCUT2D eigenvalue weighted by Crippen LogP contribution is 2.20. The van der Waals surface area contributed by atoms with Gasteiger partial charge in [-0.25, -0.2) is 8.42 Å². The molecule has 0 saturated heterocycles. The molecular formula is C15H22N2O3S. The molecule has 0 radical (unpaired) electrons. The molecule has 116 valence electrons. The molecule has 1 aromatic carbocycles. The number of fused-ring (bicyclic) bond motifs is 1. The van der Waals surface area contributed by atoms with Crippen LogP contribution in [0.15, 0.2) is 24.3 Å². The zero-order chi connectivity index (χ0) is 15.5. The smallest absolute Gasteiger partial charge is 0.250 e. The SMILES string of the molecule is CCCS(=O)(=O)NC(=O)[C@@H](C)N1CCc2ccccc2C1. The zero-order valence-electron chi connectivity index (χ0n) is 12.5. The zero-order valence-corrected chi connectivity index (χ0v) is 13.3. The van der Waals surface area contributed by atoms with Crippen molar-refractivity contribution >= 4 is 15.9 Å². The van der Waals surface area contributed by atoms with E-state index in [0.717, 1.165) is 13.0 Å². The van der Waals surface area contributed by atoms with E-state index in [0.29, 0.717) is 13.0 Å². The Morgan fingerprint density at radius 3 is 2.67 bits per heavy atom. The van der Waals surface area contributed by atoms with Gasteiger partial charge in [0.05, 0.1) is 11.8 Å². The fourth-order valence-corrected chi connectivity index (χ4v) is 3.69. The Morgan fingerprint density at radius 1 is 1.33 bits per heavy atom. The molecule has 6 heteroatoms. The van der Waals surface area contributed by atoms with E-state index in [4.69, 9.17) is 0 Å². The first-order valence-corrected chi connectivity index (χ1v) is 8.93. The van der Waals surface area contributed by atoms with E-state index >= 15 is 0 Å². The lowest BCUT2D eigenvalue weighted by Crippen LogP contribution is -2.48. The van der Waals surface area contributed by atoms with Crippen LogP contribution in [-0.2, 0) is 27.8 Å². The van der Waals surface area contributed by atoms with Crippen molar-refractivity contribution in [1.29, 1.82) is 0 Å². The number of nitrogens with one attached hydrogen (secondary N) is 1. The summed E-state index contributed by atoms with van der Waals surface area (Å²) in [6.45, 7) is 4.97. The summed E-state index contributed by atoms with van der Waals surface area (Å²) < 4.78 is 25.5. The van der Waals surface area contributed by atoms with Gasteiger partial charge in [-0.05, 0) is 30.9 Å². The van der Waals surface area contributed by atoms with Crippen LogP contribution in [0.2, 0.25) is 0 Å². The van der Waals surface area contributed by atoms with Gasteiger partial charge in [0.1, 0.15) is 0 Å². The summed E-state index contributed by atoms with van der Waals surface area (Å²) in [4.78, 5) is 14.1. The van der Waals surface area contributed by atoms with E-state index in [1.54, 1.807) is 13.8 Å². The maximum atomic E-state index is 12.1. The second kappa shape index (κ2) is 6.58. The molecule has 21 heavy (non-hydrogen) atoms. The molecule has 1 amide bonds. The van der Waals surface area contributed by atoms with Gasteiger partial charge in [0, 0.05) is 13.1 Å². The van der Waals surface area contributed by atoms with Crippen LogP contribution in [0.3, 0.4) is 0 Å². The first-order chi connectivity index (χ1) is 9.93. The van der Waals surface area contributed by atoms with Crippen molar-refractivity contribution in [3.05, 3.63) is 35.4 Å². The van der Waals surface area contributed by atoms with Gasteiger partial charge in [-0.3, -0.25) is 14.4 Å². The van der Waals surface area contributed by atoms with Crippen LogP contribution in [0.1, 0.15) is 31.4 Å². The lowest BCUT2D eigenvalue weighted by molar-refractivity contribution is -0.124. The van der Waals surface area contributed by atoms with Crippen LogP contribution < -0.4 is 4.72 Å². The first kappa shape index (κ1) is 16.0. The summed E-state index contributed by atoms with van der Waals surface area (Å²) in [7, 11) is -3.50. The van der Waals surface area contributed by atoms with Gasteiger partial charge < -0.3 is 0 Å². The average molecular weight is 310 g/mol. The summed E-state index contributed by atoms with van der Waals surface area (Å²) in [5.41, 5.74) is 2.51. The normalized spacial score (nSPS) is 17.0. The molecule has 1 aliphatic rings. The minimum absolute atomic E-state index is 0.0196. The number of hydrogen-bond acceptors (Lipinski definition) is 4. The molecule has 2 rings (SSSR count). The molecule has 0 spiro atoms. The maximum Gasteiger partial charge on any atom is 0.250 e. The maximum absolute atomic E-state index is 12.1. The van der Waals surface area contributed by atoms with Crippen molar-refractivity contribution < 1.29 is 13.2 Å². The van der Waals surface area contributed by atoms with Crippen molar-refractivity contribution in [3.63, 3.8) is 0 Å². The summed E-state index contributed by atoms with van der Waals surface area (Å²) >= 11 is 0. The summed E-state index contributed by atoms with van der Waals surface area (Å²) in [5, 5.41) is 0. The van der Waals surface area contributed by atoms with Crippen LogP contribution in [-0.4, -0.2) is 37.6 Å². The van der Waals surface area contributed by atoms with E-state index in [1.165, 1.54) is 11.1 Å². The number of sulfonamides is 1. The Labute approximate surface area is 126 Å². The van der Waals surface area contributed by atoms with E-state index in [2.05, 4.69) is 16.9 Å². The third kappa shape index (κ3) is 4.04. The molecule has 1 atom stereocenters. The van der Waals surface area contributed by atoms with Gasteiger partial charge in [0.15, 0.2) is 0 Å². The van der Waals surface area contributed by atoms with Crippen LogP contribution in [0.4, 0.5) is 0 Å². The predicted octanol–water partition coefficient (Wildman–Crippen LogP) is 1.29. The Morgan fingerprint density at radius 2 is 2.00 bits per heavy atom. The fraction of sp³-hybridized carbons (Fsp3) is 0.533. The third-order valence-corrected chi connectivity index (χ3v) is 5.27. The van der Waals surface area contributed by atoms with Crippen molar-refractivity contribution in [2.75, 3.05) is 12.3 Å². The van der Waals surface area contributed by atoms with Crippen molar-refractivity contribution in [3.8, 4) is 0 Å². The van der Waals surface area contributed by atoms with Crippen molar-refractivity contribution in [2.45, 2.75) is 39.3 Å². The quantitative estimate of drug-likeness (QED) is 0.890. The number of carbonyl (C=O) groups excluding carboxylic acids is 1. The van der Waals surface area contributed by atoms with Crippen LogP contribution in [0.25, 0.3) is 0 Å². The Bertz CT molecular complexity index is 613. The number of carbonyl (C=O) groups is 1. The minimum Gasteiger partial charge on any atom is -0.288 e. The van der Waals surface area contributed by atoms with Crippen LogP contribution in [0.5, 0.6) is 0 Å². The van der Waals surface area contributed by atoms with Crippen molar-refractivity contribution in [2.24, 2.45) is 0 Å². The molecule has 0 bridgehead atoms. The average Bonchev–Trinajstić information content (AvgIpc) is 2.45. The molecule has 1 N–H and O–H groups in total. The number of nitrogens with zero attached hydrogens (tertiary/aromatic N) is 1. The molecule has 0 fully saturated rings. The van der Waals surface area contributed by atoms with Gasteiger partial charge in [-0.15, -0.1) is 0 Å². The third-order valence-electron chi connectivity index (χ3n) is 3.82. The topological polar surface area (TPSA) is 66.5 Å². The number of benzene rings is 1. The molecule has 5 nitrogen and oxygen atoms in total. The van der Waals surface area contributed by atoms with Crippen LogP contribution in [0, 0.1) is 0 Å². The second-order valence-corrected chi connectivity index (χ2v) is 7.29. The lowest BCUT2D eigenvalue weighted by Gasteiger charge is -2.32. The summed E-state index contributed by atoms with van der Waals surface area (Å²) in [6, 6.07) is 7.70. The van der Waals surface area contributed by atoms with Gasteiger partial charge in [-0.2, -0.15) is 0 Å². The van der Waals surface area contributed by atoms with E-state index < -0.39 is 22.0 Å². The molecule has 0 aromatic heterocycles. The van der Waals surface area contributed by atoms with Gasteiger partial charge in [0.25, 0.3) is 5.91 Å². The number of rotatable bonds is 5. The summed E-state index contributed by atoms with van der Waals surface area (Å²) in [5.74, 6) is -0.461. The highest BCUT2D eigenvalue weighted by Gasteiger charge is 2.27. The fourth-order valence-electron chi connectivity index (χ4n) is 2.57. The Balaban J connectivity index is 2.01. The number of amides is 1. The second-order valence-electron chi connectivity index (χ2n) is 5.45. The van der Waals surface area contributed by atoms with E-state index in [1.807, 2.05) is 17.0 Å². The van der Waals surface area contributed by atoms with Crippen LogP contribution >= 0.6 is 0 Å². The predicted molar refractivity (Wildman–Crippen MR) is 82.2 cm³/mol. The molecular weight excluding hydrogens is 288 g/mol. The Kier molecular flexibility index (Phi) is 5.00. The first-order valence-electron chi connectivity index (χ1n) is 7.28. The molecule has 1 heterocycles. The Hall–Kier alpha value is -1.40. The molecule has 1 aliphatic heterocycles. The summed E-state index contributed by atoms with van der Waals surface area (Å²) in [6.07, 6.45) is 1.38. The van der Waals surface area contributed by atoms with Gasteiger partial charge >= 0.3 is 0 Å². The van der Waals surface area contributed by atoms with Gasteiger partial charge in [-0.1, -0.05) is 31.2 Å². The molecule has 0 aliphatic carbocycles. The molecule has 0 saturated carbocycles. The van der Waals surface area contributed by atoms with Crippen molar-refractivity contribution in [1.82, 2.24) is 9.62 Å². The largest absolute Gasteiger partial charge is 0.288 e. The van der Waals surface area contributed by atoms with Gasteiger partial charge in [0.2, 0.25) is 10.0 Å². The highest BCUT2D eigenvalue weighted by molar-refractivity contribution is 7.90. The van der Waals surface area contributed by atoms with E-state index in [-0.39, 0.29) is 5.75 Å². The standard InChI is InChI=1S/C15H22N2O3S/c1-3-10-21(19,20)16-15(18)12(2)17-9-8-13-6-4-5-7-14(13)11-17/h4-7,12H,3,8-11H2,1-2H3,(H,16,18)/t12-/m1/s1. The minimum atomic E-state index is -3.50. The highest BCUT2D eigenvalue weighted by atomic mass is 32.2. The molecule has 1 aromatic rings. The lowest BCUT2D eigenvalue weighted by atomic mass is 9.99. The number of hydrogen-bond donors (Lipinski definition) is 1. The van der Waals surface area contributed by atoms with E-state index in [9.17, 15) is 13.2 Å². The molecule has 0 unspecified atom stereocenters.